The lowest BCUT2D eigenvalue weighted by Gasteiger charge is -2.28. The summed E-state index contributed by atoms with van der Waals surface area (Å²) >= 11 is 0. The molecule has 0 aliphatic carbocycles. The lowest BCUT2D eigenvalue weighted by atomic mass is 9.92. The minimum Gasteiger partial charge on any atom is -0.395 e. The van der Waals surface area contributed by atoms with E-state index in [1.165, 1.54) is 0 Å². The van der Waals surface area contributed by atoms with Crippen LogP contribution in [0.2, 0.25) is 0 Å². The molecule has 0 aliphatic heterocycles. The third-order valence-corrected chi connectivity index (χ3v) is 1.44. The van der Waals surface area contributed by atoms with Crippen molar-refractivity contribution in [3.05, 3.63) is 0 Å². The van der Waals surface area contributed by atoms with Crippen LogP contribution in [0.5, 0.6) is 0 Å². The summed E-state index contributed by atoms with van der Waals surface area (Å²) in [6.07, 6.45) is -4.50. The molecule has 0 bridgehead atoms. The Labute approximate surface area is 61.9 Å². The third-order valence-electron chi connectivity index (χ3n) is 1.44. The van der Waals surface area contributed by atoms with Crippen molar-refractivity contribution >= 4 is 0 Å². The van der Waals surface area contributed by atoms with Crippen molar-refractivity contribution in [3.8, 4) is 0 Å². The fourth-order valence-electron chi connectivity index (χ4n) is 0.401. The second kappa shape index (κ2) is 3.38. The Bertz CT molecular complexity index is 127. The van der Waals surface area contributed by atoms with Crippen LogP contribution in [-0.4, -0.2) is 24.5 Å². The van der Waals surface area contributed by atoms with Gasteiger partial charge in [0, 0.05) is 0 Å². The van der Waals surface area contributed by atoms with Gasteiger partial charge in [0.05, 0.1) is 13.2 Å². The minimum atomic E-state index is -4.50. The van der Waals surface area contributed by atoms with Crippen molar-refractivity contribution in [1.29, 1.82) is 0 Å². The highest BCUT2D eigenvalue weighted by atomic mass is 19.4. The molecule has 68 valence electrons. The van der Waals surface area contributed by atoms with Gasteiger partial charge < -0.3 is 9.94 Å². The molecule has 0 fully saturated rings. The molecule has 6 heteroatoms. The predicted octanol–water partition coefficient (Wildman–Crippen LogP) is 0.438. The molecule has 0 saturated carbocycles. The number of hydrogen-bond acceptors (Lipinski definition) is 3. The Morgan fingerprint density at radius 2 is 1.91 bits per heavy atom. The lowest BCUT2D eigenvalue weighted by molar-refractivity contribution is -0.245. The van der Waals surface area contributed by atoms with E-state index in [4.69, 9.17) is 5.11 Å². The maximum Gasteiger partial charge on any atom is 0.398 e. The Kier molecular flexibility index (Phi) is 3.28. The van der Waals surface area contributed by atoms with E-state index in [0.29, 0.717) is 0 Å². The van der Waals surface area contributed by atoms with E-state index in [2.05, 4.69) is 10.7 Å². The van der Waals surface area contributed by atoms with Gasteiger partial charge in [-0.2, -0.15) is 13.2 Å². The number of rotatable bonds is 3. The quantitative estimate of drug-likeness (QED) is 0.609. The fourth-order valence-corrected chi connectivity index (χ4v) is 0.401. The summed E-state index contributed by atoms with van der Waals surface area (Å²) in [6, 6.07) is 0. The minimum absolute atomic E-state index is 0.743. The molecular formula is C5H10F3NO2. The number of hydrogen-bond donors (Lipinski definition) is 2. The predicted molar refractivity (Wildman–Crippen MR) is 31.4 cm³/mol. The van der Waals surface area contributed by atoms with Crippen LogP contribution in [0.15, 0.2) is 0 Å². The first kappa shape index (κ1) is 10.7. The average Bonchev–Trinajstić information content (AvgIpc) is 1.86. The van der Waals surface area contributed by atoms with E-state index in [0.717, 1.165) is 6.92 Å². The number of halogens is 3. The highest BCUT2D eigenvalue weighted by Gasteiger charge is 2.51. The molecule has 0 spiro atoms. The van der Waals surface area contributed by atoms with Crippen molar-refractivity contribution in [2.75, 3.05) is 13.2 Å². The van der Waals surface area contributed by atoms with Crippen LogP contribution in [0, 0.1) is 5.41 Å². The molecule has 0 aromatic rings. The Morgan fingerprint density at radius 1 is 1.45 bits per heavy atom. The number of aliphatic hydroxyl groups excluding tert-OH is 1. The van der Waals surface area contributed by atoms with Gasteiger partial charge in [-0.3, -0.25) is 0 Å². The van der Waals surface area contributed by atoms with Crippen LogP contribution in [0.1, 0.15) is 6.92 Å². The molecule has 3 N–H and O–H groups in total. The van der Waals surface area contributed by atoms with Crippen LogP contribution in [0.4, 0.5) is 13.2 Å². The van der Waals surface area contributed by atoms with Gasteiger partial charge in [0.1, 0.15) is 5.41 Å². The van der Waals surface area contributed by atoms with Crippen molar-refractivity contribution in [3.63, 3.8) is 0 Å². The van der Waals surface area contributed by atoms with Gasteiger partial charge in [-0.15, -0.1) is 0 Å². The third kappa shape index (κ3) is 2.32. The molecule has 0 heterocycles. The summed E-state index contributed by atoms with van der Waals surface area (Å²) in [5.41, 5.74) is -2.26. The first-order valence-corrected chi connectivity index (χ1v) is 2.86. The van der Waals surface area contributed by atoms with E-state index >= 15 is 0 Å². The monoisotopic (exact) mass is 173 g/mol. The highest BCUT2D eigenvalue weighted by Crippen LogP contribution is 2.37. The van der Waals surface area contributed by atoms with Crippen LogP contribution >= 0.6 is 0 Å². The molecule has 0 rings (SSSR count). The molecule has 0 radical (unpaired) electrons. The summed E-state index contributed by atoms with van der Waals surface area (Å²) < 4.78 is 36.0. The SMILES string of the molecule is CC(CO)(CON)C(F)(F)F. The second-order valence-corrected chi connectivity index (χ2v) is 2.53. The Hall–Kier alpha value is -0.330. The molecule has 0 saturated heterocycles. The molecule has 0 amide bonds. The van der Waals surface area contributed by atoms with Crippen LogP contribution < -0.4 is 5.90 Å². The molecule has 11 heavy (non-hydrogen) atoms. The van der Waals surface area contributed by atoms with Gasteiger partial charge in [0.15, 0.2) is 0 Å². The largest absolute Gasteiger partial charge is 0.398 e. The normalized spacial score (nSPS) is 18.0. The zero-order valence-corrected chi connectivity index (χ0v) is 5.98. The van der Waals surface area contributed by atoms with Crippen LogP contribution in [-0.2, 0) is 4.84 Å². The highest BCUT2D eigenvalue weighted by molar-refractivity contribution is 4.80. The molecule has 1 atom stereocenters. The first-order valence-electron chi connectivity index (χ1n) is 2.86. The van der Waals surface area contributed by atoms with Crippen molar-refractivity contribution < 1.29 is 23.1 Å². The standard InChI is InChI=1S/C5H10F3NO2/c1-4(2-10,3-11-9)5(6,7)8/h10H,2-3,9H2,1H3. The summed E-state index contributed by atoms with van der Waals surface area (Å²) in [6.45, 7) is -0.944. The molecule has 3 nitrogen and oxygen atoms in total. The Morgan fingerprint density at radius 3 is 2.00 bits per heavy atom. The van der Waals surface area contributed by atoms with Gasteiger partial charge in [-0.25, -0.2) is 5.90 Å². The topological polar surface area (TPSA) is 55.5 Å². The van der Waals surface area contributed by atoms with E-state index in [-0.39, 0.29) is 0 Å². The Balaban J connectivity index is 4.33. The smallest absolute Gasteiger partial charge is 0.395 e. The van der Waals surface area contributed by atoms with E-state index in [1.54, 1.807) is 0 Å². The molecule has 0 aliphatic rings. The second-order valence-electron chi connectivity index (χ2n) is 2.53. The van der Waals surface area contributed by atoms with Crippen molar-refractivity contribution in [1.82, 2.24) is 0 Å². The van der Waals surface area contributed by atoms with E-state index in [9.17, 15) is 13.2 Å². The van der Waals surface area contributed by atoms with Gasteiger partial charge in [-0.05, 0) is 6.92 Å². The molecular weight excluding hydrogens is 163 g/mol. The maximum atomic E-state index is 12.0. The lowest BCUT2D eigenvalue weighted by Crippen LogP contribution is -2.43. The molecule has 0 aromatic heterocycles. The molecule has 0 aromatic carbocycles. The number of aliphatic hydroxyl groups is 1. The zero-order chi connectivity index (χ0) is 9.12. The van der Waals surface area contributed by atoms with Crippen molar-refractivity contribution in [2.24, 2.45) is 11.3 Å². The summed E-state index contributed by atoms with van der Waals surface area (Å²) in [5, 5.41) is 8.40. The van der Waals surface area contributed by atoms with Crippen molar-refractivity contribution in [2.45, 2.75) is 13.1 Å². The average molecular weight is 173 g/mol. The zero-order valence-electron chi connectivity index (χ0n) is 5.98. The molecule has 1 unspecified atom stereocenters. The van der Waals surface area contributed by atoms with Gasteiger partial charge >= 0.3 is 6.18 Å². The van der Waals surface area contributed by atoms with Crippen LogP contribution in [0.25, 0.3) is 0 Å². The number of nitrogens with two attached hydrogens (primary N) is 1. The fraction of sp³-hybridized carbons (Fsp3) is 1.00. The van der Waals surface area contributed by atoms with E-state index in [1.807, 2.05) is 0 Å². The summed E-state index contributed by atoms with van der Waals surface area (Å²) in [4.78, 5) is 3.84. The summed E-state index contributed by atoms with van der Waals surface area (Å²) in [5.74, 6) is 4.48. The number of alkyl halides is 3. The van der Waals surface area contributed by atoms with Gasteiger partial charge in [-0.1, -0.05) is 0 Å². The summed E-state index contributed by atoms with van der Waals surface area (Å²) in [7, 11) is 0. The van der Waals surface area contributed by atoms with E-state index < -0.39 is 24.8 Å². The maximum absolute atomic E-state index is 12.0. The van der Waals surface area contributed by atoms with Gasteiger partial charge in [0.2, 0.25) is 0 Å². The first-order chi connectivity index (χ1) is 4.87. The van der Waals surface area contributed by atoms with Gasteiger partial charge in [0.25, 0.3) is 0 Å². The van der Waals surface area contributed by atoms with Crippen LogP contribution in [0.3, 0.4) is 0 Å².